The SMILES string of the molecule is Nc1cc(F)ccc1S(=O)(=O)N1CCCCCC1. The molecule has 6 heteroatoms. The number of anilines is 1. The lowest BCUT2D eigenvalue weighted by Crippen LogP contribution is -2.32. The van der Waals surface area contributed by atoms with Crippen molar-refractivity contribution in [2.45, 2.75) is 30.6 Å². The van der Waals surface area contributed by atoms with Gasteiger partial charge in [0.15, 0.2) is 0 Å². The van der Waals surface area contributed by atoms with Crippen molar-refractivity contribution < 1.29 is 12.8 Å². The Hall–Kier alpha value is -1.14. The third kappa shape index (κ3) is 2.64. The van der Waals surface area contributed by atoms with E-state index < -0.39 is 15.8 Å². The molecule has 1 fully saturated rings. The van der Waals surface area contributed by atoms with E-state index in [1.54, 1.807) is 0 Å². The molecule has 4 nitrogen and oxygen atoms in total. The third-order valence-electron chi connectivity index (χ3n) is 3.15. The van der Waals surface area contributed by atoms with E-state index in [9.17, 15) is 12.8 Å². The fourth-order valence-corrected chi connectivity index (χ4v) is 3.79. The Labute approximate surface area is 107 Å². The molecule has 0 bridgehead atoms. The Morgan fingerprint density at radius 2 is 1.72 bits per heavy atom. The molecule has 1 aliphatic rings. The zero-order valence-corrected chi connectivity index (χ0v) is 10.9. The summed E-state index contributed by atoms with van der Waals surface area (Å²) in [6, 6.07) is 3.41. The van der Waals surface area contributed by atoms with Crippen molar-refractivity contribution in [2.24, 2.45) is 0 Å². The van der Waals surface area contributed by atoms with Gasteiger partial charge in [-0.15, -0.1) is 0 Å². The van der Waals surface area contributed by atoms with Gasteiger partial charge in [-0.3, -0.25) is 0 Å². The number of rotatable bonds is 2. The van der Waals surface area contributed by atoms with Crippen molar-refractivity contribution in [3.8, 4) is 0 Å². The summed E-state index contributed by atoms with van der Waals surface area (Å²) in [6.45, 7) is 1.03. The van der Waals surface area contributed by atoms with Gasteiger partial charge in [-0.25, -0.2) is 12.8 Å². The number of hydrogen-bond acceptors (Lipinski definition) is 3. The Morgan fingerprint density at radius 3 is 2.28 bits per heavy atom. The molecule has 0 spiro atoms. The molecule has 0 unspecified atom stereocenters. The van der Waals surface area contributed by atoms with Crippen LogP contribution in [0.4, 0.5) is 10.1 Å². The fourth-order valence-electron chi connectivity index (χ4n) is 2.18. The standard InChI is InChI=1S/C12H17FN2O2S/c13-10-5-6-12(11(14)9-10)18(16,17)15-7-3-1-2-4-8-15/h5-6,9H,1-4,7-8,14H2. The van der Waals surface area contributed by atoms with E-state index in [1.807, 2.05) is 0 Å². The number of nitrogen functional groups attached to an aromatic ring is 1. The molecule has 0 radical (unpaired) electrons. The minimum atomic E-state index is -3.59. The van der Waals surface area contributed by atoms with Crippen LogP contribution in [0.1, 0.15) is 25.7 Å². The second-order valence-corrected chi connectivity index (χ2v) is 6.41. The molecule has 0 aromatic heterocycles. The predicted molar refractivity (Wildman–Crippen MR) is 68.0 cm³/mol. The quantitative estimate of drug-likeness (QED) is 0.837. The molecule has 0 atom stereocenters. The van der Waals surface area contributed by atoms with Gasteiger partial charge in [0.05, 0.1) is 5.69 Å². The van der Waals surface area contributed by atoms with Gasteiger partial charge in [0, 0.05) is 13.1 Å². The number of nitrogens with zero attached hydrogens (tertiary/aromatic N) is 1. The Bertz CT molecular complexity index is 523. The van der Waals surface area contributed by atoms with Crippen LogP contribution in [0.3, 0.4) is 0 Å². The topological polar surface area (TPSA) is 63.4 Å². The van der Waals surface area contributed by atoms with Crippen molar-refractivity contribution in [3.63, 3.8) is 0 Å². The first-order valence-electron chi connectivity index (χ1n) is 6.07. The minimum Gasteiger partial charge on any atom is -0.398 e. The highest BCUT2D eigenvalue weighted by molar-refractivity contribution is 7.89. The summed E-state index contributed by atoms with van der Waals surface area (Å²) in [4.78, 5) is 0.00537. The van der Waals surface area contributed by atoms with Gasteiger partial charge in [-0.1, -0.05) is 12.8 Å². The number of nitrogens with two attached hydrogens (primary N) is 1. The van der Waals surface area contributed by atoms with Gasteiger partial charge in [-0.05, 0) is 31.0 Å². The second-order valence-electron chi connectivity index (χ2n) is 4.50. The summed E-state index contributed by atoms with van der Waals surface area (Å²) in [5.41, 5.74) is 5.58. The van der Waals surface area contributed by atoms with Gasteiger partial charge < -0.3 is 5.73 Å². The number of benzene rings is 1. The summed E-state index contributed by atoms with van der Waals surface area (Å²) in [6.07, 6.45) is 3.82. The highest BCUT2D eigenvalue weighted by Gasteiger charge is 2.26. The van der Waals surface area contributed by atoms with Crippen LogP contribution in [-0.2, 0) is 10.0 Å². The smallest absolute Gasteiger partial charge is 0.245 e. The Morgan fingerprint density at radius 1 is 1.11 bits per heavy atom. The molecule has 2 N–H and O–H groups in total. The highest BCUT2D eigenvalue weighted by atomic mass is 32.2. The molecule has 2 rings (SSSR count). The lowest BCUT2D eigenvalue weighted by Gasteiger charge is -2.20. The highest BCUT2D eigenvalue weighted by Crippen LogP contribution is 2.25. The Balaban J connectivity index is 2.34. The van der Waals surface area contributed by atoms with Crippen LogP contribution in [0, 0.1) is 5.82 Å². The van der Waals surface area contributed by atoms with Crippen LogP contribution >= 0.6 is 0 Å². The van der Waals surface area contributed by atoms with Crippen molar-refractivity contribution in [1.29, 1.82) is 0 Å². The monoisotopic (exact) mass is 272 g/mol. The summed E-state index contributed by atoms with van der Waals surface area (Å²) < 4.78 is 39.2. The largest absolute Gasteiger partial charge is 0.398 e. The van der Waals surface area contributed by atoms with E-state index >= 15 is 0 Å². The maximum Gasteiger partial charge on any atom is 0.245 e. The Kier molecular flexibility index (Phi) is 3.87. The van der Waals surface area contributed by atoms with E-state index in [1.165, 1.54) is 10.4 Å². The van der Waals surface area contributed by atoms with E-state index in [0.717, 1.165) is 37.8 Å². The zero-order valence-electron chi connectivity index (χ0n) is 10.1. The molecular weight excluding hydrogens is 255 g/mol. The lowest BCUT2D eigenvalue weighted by molar-refractivity contribution is 0.424. The van der Waals surface area contributed by atoms with E-state index in [0.29, 0.717) is 13.1 Å². The molecule has 1 aromatic rings. The van der Waals surface area contributed by atoms with Crippen LogP contribution in [0.2, 0.25) is 0 Å². The fraction of sp³-hybridized carbons (Fsp3) is 0.500. The predicted octanol–water partition coefficient (Wildman–Crippen LogP) is 1.97. The van der Waals surface area contributed by atoms with Crippen LogP contribution in [-0.4, -0.2) is 25.8 Å². The van der Waals surface area contributed by atoms with Gasteiger partial charge in [0.2, 0.25) is 10.0 Å². The summed E-state index contributed by atoms with van der Waals surface area (Å²) >= 11 is 0. The lowest BCUT2D eigenvalue weighted by atomic mass is 10.2. The molecule has 0 aliphatic carbocycles. The van der Waals surface area contributed by atoms with Gasteiger partial charge >= 0.3 is 0 Å². The minimum absolute atomic E-state index is 0.00537. The van der Waals surface area contributed by atoms with Gasteiger partial charge in [0.25, 0.3) is 0 Å². The zero-order chi connectivity index (χ0) is 13.2. The molecule has 1 aromatic carbocycles. The molecule has 1 heterocycles. The van der Waals surface area contributed by atoms with Crippen molar-refractivity contribution >= 4 is 15.7 Å². The molecule has 1 aliphatic heterocycles. The first-order valence-corrected chi connectivity index (χ1v) is 7.51. The number of hydrogen-bond donors (Lipinski definition) is 1. The maximum atomic E-state index is 13.0. The van der Waals surface area contributed by atoms with Crippen molar-refractivity contribution in [3.05, 3.63) is 24.0 Å². The second kappa shape index (κ2) is 5.24. The number of halogens is 1. The molecule has 18 heavy (non-hydrogen) atoms. The molecule has 0 saturated carbocycles. The first-order chi connectivity index (χ1) is 8.51. The summed E-state index contributed by atoms with van der Waals surface area (Å²) in [7, 11) is -3.59. The maximum absolute atomic E-state index is 13.0. The summed E-state index contributed by atoms with van der Waals surface area (Å²) in [5, 5.41) is 0. The average molecular weight is 272 g/mol. The van der Waals surface area contributed by atoms with Gasteiger partial charge in [0.1, 0.15) is 10.7 Å². The molecule has 1 saturated heterocycles. The van der Waals surface area contributed by atoms with Crippen molar-refractivity contribution in [1.82, 2.24) is 4.31 Å². The van der Waals surface area contributed by atoms with Crippen LogP contribution in [0.25, 0.3) is 0 Å². The summed E-state index contributed by atoms with van der Waals surface area (Å²) in [5.74, 6) is -0.526. The first kappa shape index (κ1) is 13.3. The average Bonchev–Trinajstić information content (AvgIpc) is 2.57. The molecule has 100 valence electrons. The van der Waals surface area contributed by atoms with Crippen LogP contribution in [0.5, 0.6) is 0 Å². The third-order valence-corrected chi connectivity index (χ3v) is 5.13. The van der Waals surface area contributed by atoms with Crippen LogP contribution in [0.15, 0.2) is 23.1 Å². The van der Waals surface area contributed by atoms with E-state index in [4.69, 9.17) is 5.73 Å². The van der Waals surface area contributed by atoms with Crippen LogP contribution < -0.4 is 5.73 Å². The number of sulfonamides is 1. The molecular formula is C12H17FN2O2S. The van der Waals surface area contributed by atoms with Crippen molar-refractivity contribution in [2.75, 3.05) is 18.8 Å². The van der Waals surface area contributed by atoms with Gasteiger partial charge in [-0.2, -0.15) is 4.31 Å². The molecule has 0 amide bonds. The normalized spacial score (nSPS) is 18.5. The van der Waals surface area contributed by atoms with E-state index in [-0.39, 0.29) is 10.6 Å². The van der Waals surface area contributed by atoms with E-state index in [2.05, 4.69) is 0 Å².